The minimum Gasteiger partial charge on any atom is -0.468 e. The number of ether oxygens (including phenoxy) is 1. The van der Waals surface area contributed by atoms with Gasteiger partial charge in [0.1, 0.15) is 4.99 Å². The van der Waals surface area contributed by atoms with Crippen LogP contribution in [0.1, 0.15) is 18.1 Å². The maximum Gasteiger partial charge on any atom is 0.325 e. The molecule has 0 saturated carbocycles. The highest BCUT2D eigenvalue weighted by Gasteiger charge is 2.29. The van der Waals surface area contributed by atoms with Crippen molar-refractivity contribution >= 4 is 38.9 Å². The van der Waals surface area contributed by atoms with Gasteiger partial charge in [-0.1, -0.05) is 24.4 Å². The van der Waals surface area contributed by atoms with Gasteiger partial charge in [-0.15, -0.1) is 0 Å². The predicted octanol–water partition coefficient (Wildman–Crippen LogP) is 0.932. The molecule has 110 valence electrons. The summed E-state index contributed by atoms with van der Waals surface area (Å²) >= 11 is 4.92. The lowest BCUT2D eigenvalue weighted by molar-refractivity contribution is -0.139. The monoisotopic (exact) mass is 316 g/mol. The highest BCUT2D eigenvalue weighted by Crippen LogP contribution is 2.21. The smallest absolute Gasteiger partial charge is 0.325 e. The molecule has 1 aromatic carbocycles. The summed E-state index contributed by atoms with van der Waals surface area (Å²) in [5.41, 5.74) is 7.02. The Bertz CT molecular complexity index is 641. The van der Waals surface area contributed by atoms with Gasteiger partial charge in [-0.2, -0.15) is 0 Å². The van der Waals surface area contributed by atoms with Crippen LogP contribution in [0.5, 0.6) is 0 Å². The van der Waals surface area contributed by atoms with Crippen molar-refractivity contribution in [2.24, 2.45) is 5.73 Å². The van der Waals surface area contributed by atoms with E-state index in [1.54, 1.807) is 19.1 Å². The standard InChI is InChI=1S/C12H16N2O4S2/c1-7-5-4-6-9(10(7)11(13)19)14-20(16,17)8(2)12(15)18-3/h4-6,8,14H,1-3H3,(H2,13,19). The number of carbonyl (C=O) groups is 1. The molecule has 0 heterocycles. The Morgan fingerprint density at radius 2 is 2.05 bits per heavy atom. The van der Waals surface area contributed by atoms with Crippen molar-refractivity contribution in [2.75, 3.05) is 11.8 Å². The largest absolute Gasteiger partial charge is 0.468 e. The Morgan fingerprint density at radius 1 is 1.45 bits per heavy atom. The fraction of sp³-hybridized carbons (Fsp3) is 0.333. The molecule has 1 aromatic rings. The van der Waals surface area contributed by atoms with Crippen molar-refractivity contribution < 1.29 is 17.9 Å². The number of hydrogen-bond acceptors (Lipinski definition) is 5. The number of methoxy groups -OCH3 is 1. The van der Waals surface area contributed by atoms with Gasteiger partial charge < -0.3 is 10.5 Å². The number of rotatable bonds is 5. The van der Waals surface area contributed by atoms with Gasteiger partial charge in [0.25, 0.3) is 0 Å². The quantitative estimate of drug-likeness (QED) is 0.619. The summed E-state index contributed by atoms with van der Waals surface area (Å²) in [5, 5.41) is -1.34. The minimum absolute atomic E-state index is 0.0755. The van der Waals surface area contributed by atoms with Gasteiger partial charge in [-0.3, -0.25) is 9.52 Å². The summed E-state index contributed by atoms with van der Waals surface area (Å²) < 4.78 is 30.9. The van der Waals surface area contributed by atoms with Gasteiger partial charge in [0.2, 0.25) is 10.0 Å². The molecule has 0 radical (unpaired) electrons. The highest BCUT2D eigenvalue weighted by molar-refractivity contribution is 7.94. The maximum atomic E-state index is 12.1. The molecule has 0 aromatic heterocycles. The Labute approximate surface area is 123 Å². The molecule has 0 fully saturated rings. The molecule has 0 aliphatic heterocycles. The SMILES string of the molecule is COC(=O)C(C)S(=O)(=O)Nc1cccc(C)c1C(N)=S. The zero-order valence-corrected chi connectivity index (χ0v) is 13.0. The number of aryl methyl sites for hydroxylation is 1. The summed E-state index contributed by atoms with van der Waals surface area (Å²) in [4.78, 5) is 11.4. The Hall–Kier alpha value is -1.67. The molecule has 1 unspecified atom stereocenters. The number of anilines is 1. The molecule has 0 bridgehead atoms. The van der Waals surface area contributed by atoms with Crippen molar-refractivity contribution in [1.29, 1.82) is 0 Å². The number of sulfonamides is 1. The van der Waals surface area contributed by atoms with Crippen LogP contribution in [0.25, 0.3) is 0 Å². The average molecular weight is 316 g/mol. The highest BCUT2D eigenvalue weighted by atomic mass is 32.2. The molecular weight excluding hydrogens is 300 g/mol. The van der Waals surface area contributed by atoms with Crippen LogP contribution < -0.4 is 10.5 Å². The van der Waals surface area contributed by atoms with E-state index in [0.717, 1.165) is 12.7 Å². The van der Waals surface area contributed by atoms with Crippen molar-refractivity contribution in [2.45, 2.75) is 19.1 Å². The predicted molar refractivity (Wildman–Crippen MR) is 81.1 cm³/mol. The second kappa shape index (κ2) is 6.19. The van der Waals surface area contributed by atoms with Gasteiger partial charge in [0.15, 0.2) is 5.25 Å². The number of nitrogens with one attached hydrogen (secondary N) is 1. The molecule has 0 aliphatic carbocycles. The van der Waals surface area contributed by atoms with Crippen LogP contribution in [-0.4, -0.2) is 31.7 Å². The second-order valence-electron chi connectivity index (χ2n) is 4.17. The first kappa shape index (κ1) is 16.4. The molecule has 0 spiro atoms. The number of nitrogens with two attached hydrogens (primary N) is 1. The molecule has 3 N–H and O–H groups in total. The van der Waals surface area contributed by atoms with Crippen molar-refractivity contribution in [1.82, 2.24) is 0 Å². The van der Waals surface area contributed by atoms with Gasteiger partial charge in [0.05, 0.1) is 12.8 Å². The molecule has 6 nitrogen and oxygen atoms in total. The molecule has 1 rings (SSSR count). The molecule has 1 atom stereocenters. The molecule has 0 aliphatic rings. The fourth-order valence-corrected chi connectivity index (χ4v) is 2.89. The summed E-state index contributed by atoms with van der Waals surface area (Å²) in [7, 11) is -2.81. The topological polar surface area (TPSA) is 98.5 Å². The molecule has 0 saturated heterocycles. The Kier molecular flexibility index (Phi) is 5.07. The Morgan fingerprint density at radius 3 is 2.55 bits per heavy atom. The van der Waals surface area contributed by atoms with Gasteiger partial charge >= 0.3 is 5.97 Å². The maximum absolute atomic E-state index is 12.1. The van der Waals surface area contributed by atoms with E-state index in [9.17, 15) is 13.2 Å². The van der Waals surface area contributed by atoms with Crippen LogP contribution >= 0.6 is 12.2 Å². The molecule has 20 heavy (non-hydrogen) atoms. The Balaban J connectivity index is 3.20. The lowest BCUT2D eigenvalue weighted by Gasteiger charge is -2.16. The first-order valence-corrected chi connectivity index (χ1v) is 7.65. The van der Waals surface area contributed by atoms with Crippen molar-refractivity contribution in [3.8, 4) is 0 Å². The lowest BCUT2D eigenvalue weighted by atomic mass is 10.1. The van der Waals surface area contributed by atoms with E-state index in [1.165, 1.54) is 13.0 Å². The van der Waals surface area contributed by atoms with E-state index in [1.807, 2.05) is 0 Å². The third kappa shape index (κ3) is 3.45. The third-order valence-electron chi connectivity index (χ3n) is 2.77. The van der Waals surface area contributed by atoms with E-state index in [0.29, 0.717) is 5.56 Å². The number of hydrogen-bond donors (Lipinski definition) is 2. The van der Waals surface area contributed by atoms with Crippen molar-refractivity contribution in [3.63, 3.8) is 0 Å². The van der Waals surface area contributed by atoms with Gasteiger partial charge in [0, 0.05) is 5.56 Å². The number of thiocarbonyl (C=S) groups is 1. The van der Waals surface area contributed by atoms with E-state index in [2.05, 4.69) is 9.46 Å². The fourth-order valence-electron chi connectivity index (χ4n) is 1.61. The molecule has 8 heteroatoms. The molecular formula is C12H16N2O4S2. The van der Waals surface area contributed by atoms with Crippen LogP contribution in [0, 0.1) is 6.92 Å². The van der Waals surface area contributed by atoms with E-state index < -0.39 is 21.2 Å². The number of benzene rings is 1. The van der Waals surface area contributed by atoms with Crippen LogP contribution in [0.15, 0.2) is 18.2 Å². The zero-order valence-electron chi connectivity index (χ0n) is 11.3. The van der Waals surface area contributed by atoms with Gasteiger partial charge in [-0.25, -0.2) is 8.42 Å². The van der Waals surface area contributed by atoms with Crippen LogP contribution in [0.2, 0.25) is 0 Å². The van der Waals surface area contributed by atoms with E-state index in [-0.39, 0.29) is 10.7 Å². The summed E-state index contributed by atoms with van der Waals surface area (Å²) in [6, 6.07) is 4.96. The average Bonchev–Trinajstić information content (AvgIpc) is 2.36. The normalized spacial score (nSPS) is 12.6. The second-order valence-corrected chi connectivity index (χ2v) is 6.62. The zero-order chi connectivity index (χ0) is 15.5. The first-order valence-electron chi connectivity index (χ1n) is 5.69. The summed E-state index contributed by atoms with van der Waals surface area (Å²) in [5.74, 6) is -0.845. The minimum atomic E-state index is -3.94. The van der Waals surface area contributed by atoms with Crippen LogP contribution in [0.4, 0.5) is 5.69 Å². The van der Waals surface area contributed by atoms with E-state index >= 15 is 0 Å². The summed E-state index contributed by atoms with van der Waals surface area (Å²) in [6.07, 6.45) is 0. The number of esters is 1. The molecule has 0 amide bonds. The van der Waals surface area contributed by atoms with Crippen LogP contribution in [0.3, 0.4) is 0 Å². The van der Waals surface area contributed by atoms with E-state index in [4.69, 9.17) is 18.0 Å². The third-order valence-corrected chi connectivity index (χ3v) is 4.60. The lowest BCUT2D eigenvalue weighted by Crippen LogP contribution is -2.33. The first-order chi connectivity index (χ1) is 9.20. The number of carbonyl (C=O) groups excluding carboxylic acids is 1. The van der Waals surface area contributed by atoms with Crippen molar-refractivity contribution in [3.05, 3.63) is 29.3 Å². The van der Waals surface area contributed by atoms with Crippen LogP contribution in [-0.2, 0) is 19.6 Å². The van der Waals surface area contributed by atoms with Gasteiger partial charge in [-0.05, 0) is 25.5 Å². The summed E-state index contributed by atoms with van der Waals surface area (Å²) in [6.45, 7) is 3.00.